The molecule has 0 atom stereocenters. The molecule has 12 rings (SSSR count). The molecule has 1 heterocycles. The van der Waals surface area contributed by atoms with Crippen molar-refractivity contribution in [3.63, 3.8) is 0 Å². The van der Waals surface area contributed by atoms with Gasteiger partial charge in [0.05, 0.1) is 18.2 Å². The molecule has 0 spiro atoms. The molecule has 0 saturated heterocycles. The molecule has 0 bridgehead atoms. The molecule has 0 N–H and O–H groups in total. The second-order valence-electron chi connectivity index (χ2n) is 19.3. The summed E-state index contributed by atoms with van der Waals surface area (Å²) in [4.78, 5) is 0. The summed E-state index contributed by atoms with van der Waals surface area (Å²) in [5.74, 6) is 0. The molecule has 0 aliphatic carbocycles. The Kier molecular flexibility index (Phi) is 12.4. The van der Waals surface area contributed by atoms with Crippen LogP contribution < -0.4 is 32.9 Å². The van der Waals surface area contributed by atoms with Crippen molar-refractivity contribution in [1.29, 1.82) is 0 Å². The van der Waals surface area contributed by atoms with Crippen LogP contribution in [0.3, 0.4) is 0 Å². The molecule has 0 unspecified atom stereocenters. The molecule has 11 aromatic carbocycles. The molecule has 11 aromatic rings. The van der Waals surface area contributed by atoms with Crippen LogP contribution in [0, 0.1) is 0 Å². The lowest BCUT2D eigenvalue weighted by Gasteiger charge is -2.36. The van der Waals surface area contributed by atoms with Crippen molar-refractivity contribution >= 4 is 66.9 Å². The fraction of sp³-hybridized carbons (Fsp3) is 0.0938. The smallest absolute Gasteiger partial charge is 0.416 e. The average Bonchev–Trinajstić information content (AvgIpc) is 3.52. The Morgan fingerprint density at radius 3 is 1.23 bits per heavy atom. The molecule has 0 amide bonds. The summed E-state index contributed by atoms with van der Waals surface area (Å²) in [6, 6.07) is 70.5. The van der Waals surface area contributed by atoms with Crippen LogP contribution in [-0.2, 0) is 32.0 Å². The van der Waals surface area contributed by atoms with Crippen LogP contribution in [0.5, 0.6) is 0 Å². The van der Waals surface area contributed by atoms with Gasteiger partial charge in [-0.25, -0.2) is 0 Å². The van der Waals surface area contributed by atoms with Crippen molar-refractivity contribution < 1.29 is 47.8 Å². The molecule has 1 aliphatic heterocycles. The minimum atomic E-state index is -4.56. The molecule has 9 heteroatoms. The maximum Gasteiger partial charge on any atom is 0.416 e. The van der Waals surface area contributed by atoms with Gasteiger partial charge in [0.15, 0.2) is 0 Å². The topological polar surface area (TPSA) is 0 Å². The zero-order valence-corrected chi connectivity index (χ0v) is 41.9. The van der Waals surface area contributed by atoms with Gasteiger partial charge in [-0.2, -0.15) is 26.3 Å². The second-order valence-corrected chi connectivity index (χ2v) is 21.5. The van der Waals surface area contributed by atoms with E-state index in [2.05, 4.69) is 159 Å². The fourth-order valence-electron chi connectivity index (χ4n) is 11.1. The largest absolute Gasteiger partial charge is 1.00 e. The third-order valence-corrected chi connectivity index (χ3v) is 17.0. The lowest BCUT2D eigenvalue weighted by molar-refractivity contribution is -0.947. The second kappa shape index (κ2) is 18.8. The Morgan fingerprint density at radius 1 is 0.411 bits per heavy atom. The minimum absolute atomic E-state index is 0. The maximum atomic E-state index is 14.0. The first-order chi connectivity index (χ1) is 34.8. The number of hydrogen-bond acceptors (Lipinski definition) is 0. The van der Waals surface area contributed by atoms with Crippen LogP contribution >= 0.6 is 7.92 Å². The molecule has 1 nitrogen and oxygen atoms in total. The van der Waals surface area contributed by atoms with Crippen LogP contribution in [0.1, 0.15) is 27.8 Å². The van der Waals surface area contributed by atoms with Crippen LogP contribution in [0.4, 0.5) is 26.3 Å². The Bertz CT molecular complexity index is 3670. The van der Waals surface area contributed by atoms with Crippen molar-refractivity contribution in [2.75, 3.05) is 7.05 Å². The molecular formula is C64H45BrF6NP. The summed E-state index contributed by atoms with van der Waals surface area (Å²) in [7, 11) is 0.664. The third-order valence-electron chi connectivity index (χ3n) is 14.5. The van der Waals surface area contributed by atoms with Gasteiger partial charge < -0.3 is 21.5 Å². The number of fused-ring (bicyclic) bond motifs is 9. The lowest BCUT2D eigenvalue weighted by atomic mass is 9.82. The van der Waals surface area contributed by atoms with E-state index in [0.717, 1.165) is 100 Å². The Hall–Kier alpha value is -7.09. The maximum absolute atomic E-state index is 14.0. The molecule has 1 aliphatic rings. The van der Waals surface area contributed by atoms with E-state index in [1.54, 1.807) is 0 Å². The van der Waals surface area contributed by atoms with Crippen molar-refractivity contribution in [2.45, 2.75) is 32.0 Å². The van der Waals surface area contributed by atoms with Crippen LogP contribution in [-0.4, -0.2) is 11.5 Å². The molecule has 73 heavy (non-hydrogen) atoms. The van der Waals surface area contributed by atoms with Crippen LogP contribution in [0.25, 0.3) is 76.5 Å². The summed E-state index contributed by atoms with van der Waals surface area (Å²) in [6.07, 6.45) is -9.11. The highest BCUT2D eigenvalue weighted by molar-refractivity contribution is 7.79. The molecule has 360 valence electrons. The summed E-state index contributed by atoms with van der Waals surface area (Å²) >= 11 is 0. The van der Waals surface area contributed by atoms with Gasteiger partial charge in [-0.05, 0) is 138 Å². The molecule has 0 aromatic heterocycles. The van der Waals surface area contributed by atoms with Crippen molar-refractivity contribution in [3.8, 4) is 33.4 Å². The Morgan fingerprint density at radius 2 is 0.795 bits per heavy atom. The zero-order chi connectivity index (χ0) is 49.4. The standard InChI is InChI=1S/C64H45F6NP.BrH/c1-71(38-49-18-8-11-21-60(49)72(52-30-26-50(27-31-52)63(65,66)67)53-32-28-51(29-33-53)64(68,69)70)39-58-56(47-24-22-41-12-2-4-14-43(41)34-47)36-45-16-6-9-19-54(45)61(58)62-55-20-10-7-17-46(55)37-57(59(62)40-71)48-25-23-42-13-3-5-15-44(42)35-48;/h2-37H,38-40H2,1H3;1H/q+1;/p-1. The first-order valence-corrected chi connectivity index (χ1v) is 25.3. The van der Waals surface area contributed by atoms with Gasteiger partial charge in [0.2, 0.25) is 0 Å². The van der Waals surface area contributed by atoms with E-state index in [-0.39, 0.29) is 17.0 Å². The normalized spacial score (nSPS) is 13.5. The fourth-order valence-corrected chi connectivity index (χ4v) is 13.6. The SMILES string of the molecule is C[N+]1(Cc2ccccc2P(c2ccc(C(F)(F)F)cc2)c2ccc(C(F)(F)F)cc2)Cc2c(-c3ccc4ccccc4c3)cc3ccccc3c2-c2c(c(-c3ccc4ccccc4c3)cc3ccccc23)C1.[Br-]. The van der Waals surface area contributed by atoms with Gasteiger partial charge in [-0.15, -0.1) is 0 Å². The highest BCUT2D eigenvalue weighted by Crippen LogP contribution is 2.51. The lowest BCUT2D eigenvalue weighted by Crippen LogP contribution is -3.00. The highest BCUT2D eigenvalue weighted by atomic mass is 79.9. The number of quaternary nitrogens is 1. The van der Waals surface area contributed by atoms with Gasteiger partial charge in [0.25, 0.3) is 0 Å². The number of benzene rings is 11. The van der Waals surface area contributed by atoms with E-state index in [1.807, 2.05) is 18.2 Å². The van der Waals surface area contributed by atoms with Crippen LogP contribution in [0.2, 0.25) is 0 Å². The number of alkyl halides is 6. The number of nitrogens with zero attached hydrogens (tertiary/aromatic N) is 1. The summed E-state index contributed by atoms with van der Waals surface area (Å²) < 4.78 is 84.6. The van der Waals surface area contributed by atoms with E-state index >= 15 is 0 Å². The number of rotatable bonds is 7. The minimum Gasteiger partial charge on any atom is -1.00 e. The predicted octanol–water partition coefficient (Wildman–Crippen LogP) is 13.8. The molecular weight excluding hydrogens is 1010 g/mol. The van der Waals surface area contributed by atoms with Gasteiger partial charge in [0, 0.05) is 27.8 Å². The zero-order valence-electron chi connectivity index (χ0n) is 39.4. The van der Waals surface area contributed by atoms with Crippen molar-refractivity contribution in [3.05, 3.63) is 246 Å². The Labute approximate surface area is 431 Å². The van der Waals surface area contributed by atoms with Crippen molar-refractivity contribution in [1.82, 2.24) is 0 Å². The van der Waals surface area contributed by atoms with E-state index in [9.17, 15) is 26.3 Å². The quantitative estimate of drug-likeness (QED) is 0.0848. The number of hydrogen-bond donors (Lipinski definition) is 0. The molecule has 0 saturated carbocycles. The van der Waals surface area contributed by atoms with Crippen molar-refractivity contribution in [2.24, 2.45) is 0 Å². The Balaban J connectivity index is 0.00000574. The molecule has 0 fully saturated rings. The average molecular weight is 1050 g/mol. The molecule has 0 radical (unpaired) electrons. The summed E-state index contributed by atoms with van der Waals surface area (Å²) in [6.45, 7) is 1.72. The number of halogens is 7. The first kappa shape index (κ1) is 48.2. The monoisotopic (exact) mass is 1050 g/mol. The van der Waals surface area contributed by atoms with Gasteiger partial charge >= 0.3 is 12.4 Å². The van der Waals surface area contributed by atoms with Gasteiger partial charge in [-0.3, -0.25) is 0 Å². The predicted molar refractivity (Wildman–Crippen MR) is 285 cm³/mol. The van der Waals surface area contributed by atoms with Crippen LogP contribution in [0.15, 0.2) is 218 Å². The summed E-state index contributed by atoms with van der Waals surface area (Å²) in [5.41, 5.74) is 8.67. The first-order valence-electron chi connectivity index (χ1n) is 23.9. The third kappa shape index (κ3) is 9.00. The van der Waals surface area contributed by atoms with E-state index < -0.39 is 31.4 Å². The van der Waals surface area contributed by atoms with E-state index in [1.165, 1.54) is 46.5 Å². The van der Waals surface area contributed by atoms with Gasteiger partial charge in [-0.1, -0.05) is 170 Å². The van der Waals surface area contributed by atoms with E-state index in [0.29, 0.717) is 34.7 Å². The summed E-state index contributed by atoms with van der Waals surface area (Å²) in [5, 5.41) is 11.2. The van der Waals surface area contributed by atoms with Gasteiger partial charge in [0.1, 0.15) is 19.6 Å². The highest BCUT2D eigenvalue weighted by Gasteiger charge is 2.38. The van der Waals surface area contributed by atoms with E-state index in [4.69, 9.17) is 0 Å².